The fraction of sp³-hybridized carbons (Fsp3) is 0.0833. The average molecular weight is 242 g/mol. The molecule has 0 atom stereocenters. The summed E-state index contributed by atoms with van der Waals surface area (Å²) in [5.41, 5.74) is 6.96. The number of aryl methyl sites for hydroxylation is 1. The fourth-order valence-corrected chi connectivity index (χ4v) is 1.62. The Bertz CT molecular complexity index is 687. The van der Waals surface area contributed by atoms with E-state index in [1.165, 1.54) is 0 Å². The van der Waals surface area contributed by atoms with Gasteiger partial charge in [0.2, 0.25) is 5.82 Å². The molecule has 18 heavy (non-hydrogen) atoms. The Balaban J connectivity index is 2.02. The van der Waals surface area contributed by atoms with Gasteiger partial charge < -0.3 is 14.7 Å². The summed E-state index contributed by atoms with van der Waals surface area (Å²) in [5, 5.41) is 3.90. The first-order chi connectivity index (χ1) is 8.74. The van der Waals surface area contributed by atoms with Gasteiger partial charge in [0, 0.05) is 0 Å². The van der Waals surface area contributed by atoms with Crippen LogP contribution in [0.4, 0.5) is 5.82 Å². The van der Waals surface area contributed by atoms with Crippen molar-refractivity contribution in [2.24, 2.45) is 0 Å². The highest BCUT2D eigenvalue weighted by molar-refractivity contribution is 5.59. The summed E-state index contributed by atoms with van der Waals surface area (Å²) in [4.78, 5) is 8.39. The first-order valence-corrected chi connectivity index (χ1v) is 5.35. The SMILES string of the molecule is Cc1occc1-c1noc(-c2cccc(N)n2)n1. The number of nitrogens with zero attached hydrogens (tertiary/aromatic N) is 3. The summed E-state index contributed by atoms with van der Waals surface area (Å²) in [6.07, 6.45) is 1.58. The Hall–Kier alpha value is -2.63. The summed E-state index contributed by atoms with van der Waals surface area (Å²) in [6.45, 7) is 1.84. The molecule has 0 aliphatic heterocycles. The lowest BCUT2D eigenvalue weighted by Crippen LogP contribution is -1.91. The number of hydrogen-bond donors (Lipinski definition) is 1. The van der Waals surface area contributed by atoms with Crippen LogP contribution in [-0.2, 0) is 0 Å². The molecular formula is C12H10N4O2. The van der Waals surface area contributed by atoms with Gasteiger partial charge in [0.15, 0.2) is 0 Å². The standard InChI is InChI=1S/C12H10N4O2/c1-7-8(5-6-17-7)11-15-12(18-16-11)9-3-2-4-10(13)14-9/h2-6H,1H3,(H2,13,14). The maximum Gasteiger partial charge on any atom is 0.276 e. The molecule has 2 N–H and O–H groups in total. The third-order valence-corrected chi connectivity index (χ3v) is 2.52. The van der Waals surface area contributed by atoms with E-state index in [1.807, 2.05) is 6.92 Å². The van der Waals surface area contributed by atoms with Crippen molar-refractivity contribution in [3.8, 4) is 23.0 Å². The number of pyridine rings is 1. The molecule has 3 heterocycles. The van der Waals surface area contributed by atoms with Crippen molar-refractivity contribution in [3.63, 3.8) is 0 Å². The van der Waals surface area contributed by atoms with Gasteiger partial charge in [-0.1, -0.05) is 11.2 Å². The van der Waals surface area contributed by atoms with Gasteiger partial charge in [-0.25, -0.2) is 4.98 Å². The normalized spacial score (nSPS) is 10.7. The molecule has 3 aromatic rings. The Labute approximate surface area is 102 Å². The maximum absolute atomic E-state index is 5.61. The number of hydrogen-bond acceptors (Lipinski definition) is 6. The smallest absolute Gasteiger partial charge is 0.276 e. The second-order valence-electron chi connectivity index (χ2n) is 3.76. The highest BCUT2D eigenvalue weighted by Crippen LogP contribution is 2.24. The highest BCUT2D eigenvalue weighted by atomic mass is 16.5. The van der Waals surface area contributed by atoms with Crippen LogP contribution in [0.1, 0.15) is 5.76 Å². The predicted molar refractivity (Wildman–Crippen MR) is 64.4 cm³/mol. The topological polar surface area (TPSA) is 91.0 Å². The summed E-state index contributed by atoms with van der Waals surface area (Å²) < 4.78 is 10.4. The van der Waals surface area contributed by atoms with Crippen LogP contribution in [0.2, 0.25) is 0 Å². The maximum atomic E-state index is 5.61. The molecule has 0 amide bonds. The molecule has 0 spiro atoms. The largest absolute Gasteiger partial charge is 0.469 e. The molecule has 3 aromatic heterocycles. The minimum Gasteiger partial charge on any atom is -0.469 e. The van der Waals surface area contributed by atoms with Crippen molar-refractivity contribution >= 4 is 5.82 Å². The molecule has 0 saturated heterocycles. The van der Waals surface area contributed by atoms with Crippen LogP contribution in [0.5, 0.6) is 0 Å². The number of aromatic nitrogens is 3. The Morgan fingerprint density at radius 1 is 1.17 bits per heavy atom. The molecule has 0 aliphatic rings. The van der Waals surface area contributed by atoms with Gasteiger partial charge in [0.05, 0.1) is 11.8 Å². The van der Waals surface area contributed by atoms with Crippen molar-refractivity contribution in [3.05, 3.63) is 36.3 Å². The average Bonchev–Trinajstić information content (AvgIpc) is 2.97. The van der Waals surface area contributed by atoms with E-state index in [1.54, 1.807) is 30.5 Å². The minimum atomic E-state index is 0.331. The molecule has 6 heteroatoms. The fourth-order valence-electron chi connectivity index (χ4n) is 1.62. The van der Waals surface area contributed by atoms with E-state index in [0.717, 1.165) is 11.3 Å². The zero-order valence-corrected chi connectivity index (χ0v) is 9.62. The van der Waals surface area contributed by atoms with Crippen molar-refractivity contribution in [2.45, 2.75) is 6.92 Å². The Kier molecular flexibility index (Phi) is 2.33. The first kappa shape index (κ1) is 10.5. The van der Waals surface area contributed by atoms with E-state index in [4.69, 9.17) is 14.7 Å². The molecule has 90 valence electrons. The van der Waals surface area contributed by atoms with E-state index >= 15 is 0 Å². The van der Waals surface area contributed by atoms with Crippen molar-refractivity contribution in [2.75, 3.05) is 5.73 Å². The molecule has 0 fully saturated rings. The Morgan fingerprint density at radius 3 is 2.78 bits per heavy atom. The van der Waals surface area contributed by atoms with Crippen LogP contribution < -0.4 is 5.73 Å². The lowest BCUT2D eigenvalue weighted by molar-refractivity contribution is 0.430. The first-order valence-electron chi connectivity index (χ1n) is 5.35. The third-order valence-electron chi connectivity index (χ3n) is 2.52. The number of furan rings is 1. The molecule has 0 bridgehead atoms. The summed E-state index contributed by atoms with van der Waals surface area (Å²) >= 11 is 0. The van der Waals surface area contributed by atoms with Crippen LogP contribution in [0.15, 0.2) is 39.5 Å². The molecule has 0 unspecified atom stereocenters. The lowest BCUT2D eigenvalue weighted by Gasteiger charge is -1.94. The van der Waals surface area contributed by atoms with Gasteiger partial charge in [-0.15, -0.1) is 0 Å². The van der Waals surface area contributed by atoms with E-state index in [0.29, 0.717) is 23.2 Å². The number of anilines is 1. The summed E-state index contributed by atoms with van der Waals surface area (Å²) in [5.74, 6) is 1.95. The molecular weight excluding hydrogens is 232 g/mol. The van der Waals surface area contributed by atoms with E-state index in [2.05, 4.69) is 15.1 Å². The zero-order valence-electron chi connectivity index (χ0n) is 9.62. The van der Waals surface area contributed by atoms with E-state index < -0.39 is 0 Å². The zero-order chi connectivity index (χ0) is 12.5. The van der Waals surface area contributed by atoms with Crippen LogP contribution >= 0.6 is 0 Å². The van der Waals surface area contributed by atoms with Crippen LogP contribution in [0.3, 0.4) is 0 Å². The van der Waals surface area contributed by atoms with E-state index in [9.17, 15) is 0 Å². The van der Waals surface area contributed by atoms with Gasteiger partial charge in [-0.3, -0.25) is 0 Å². The lowest BCUT2D eigenvalue weighted by atomic mass is 10.2. The van der Waals surface area contributed by atoms with Gasteiger partial charge >= 0.3 is 0 Å². The molecule has 0 radical (unpaired) electrons. The van der Waals surface area contributed by atoms with Gasteiger partial charge in [-0.2, -0.15) is 4.98 Å². The predicted octanol–water partition coefficient (Wildman–Crippen LogP) is 2.28. The van der Waals surface area contributed by atoms with Crippen molar-refractivity contribution < 1.29 is 8.94 Å². The molecule has 0 saturated carbocycles. The van der Waals surface area contributed by atoms with Gasteiger partial charge in [-0.05, 0) is 25.1 Å². The third kappa shape index (κ3) is 1.73. The monoisotopic (exact) mass is 242 g/mol. The van der Waals surface area contributed by atoms with Gasteiger partial charge in [0.25, 0.3) is 5.89 Å². The van der Waals surface area contributed by atoms with Gasteiger partial charge in [0.1, 0.15) is 17.3 Å². The molecule has 6 nitrogen and oxygen atoms in total. The van der Waals surface area contributed by atoms with Crippen LogP contribution in [0.25, 0.3) is 23.0 Å². The van der Waals surface area contributed by atoms with Crippen molar-refractivity contribution in [1.29, 1.82) is 0 Å². The Morgan fingerprint density at radius 2 is 2.06 bits per heavy atom. The molecule has 0 aliphatic carbocycles. The summed E-state index contributed by atoms with van der Waals surface area (Å²) in [7, 11) is 0. The molecule has 3 rings (SSSR count). The molecule has 0 aromatic carbocycles. The second kappa shape index (κ2) is 3.99. The van der Waals surface area contributed by atoms with Crippen molar-refractivity contribution in [1.82, 2.24) is 15.1 Å². The summed E-state index contributed by atoms with van der Waals surface area (Å²) in [6, 6.07) is 7.03. The number of nitrogens with two attached hydrogens (primary N) is 1. The van der Waals surface area contributed by atoms with Crippen LogP contribution in [0, 0.1) is 6.92 Å². The highest BCUT2D eigenvalue weighted by Gasteiger charge is 2.14. The van der Waals surface area contributed by atoms with Crippen LogP contribution in [-0.4, -0.2) is 15.1 Å². The second-order valence-corrected chi connectivity index (χ2v) is 3.76. The van der Waals surface area contributed by atoms with E-state index in [-0.39, 0.29) is 0 Å². The number of nitrogen functional groups attached to an aromatic ring is 1. The minimum absolute atomic E-state index is 0.331. The number of rotatable bonds is 2. The quantitative estimate of drug-likeness (QED) is 0.741.